The fraction of sp³-hybridized carbons (Fsp3) is 0.467. The van der Waals surface area contributed by atoms with Gasteiger partial charge in [0.1, 0.15) is 6.07 Å². The van der Waals surface area contributed by atoms with Crippen LogP contribution in [0.15, 0.2) is 18.2 Å². The summed E-state index contributed by atoms with van der Waals surface area (Å²) in [5.41, 5.74) is 6.21. The second-order valence-electron chi connectivity index (χ2n) is 5.85. The van der Waals surface area contributed by atoms with Gasteiger partial charge in [-0.3, -0.25) is 0 Å². The monoisotopic (exact) mass is 282 g/mol. The third kappa shape index (κ3) is 2.59. The van der Waals surface area contributed by atoms with Crippen molar-refractivity contribution in [3.63, 3.8) is 0 Å². The second-order valence-corrected chi connectivity index (χ2v) is 5.85. The van der Waals surface area contributed by atoms with Crippen molar-refractivity contribution >= 4 is 17.5 Å². The highest BCUT2D eigenvalue weighted by Crippen LogP contribution is 2.44. The minimum Gasteiger partial charge on any atom is -0.368 e. The summed E-state index contributed by atoms with van der Waals surface area (Å²) in [6.45, 7) is 0. The van der Waals surface area contributed by atoms with Crippen LogP contribution < -0.4 is 10.6 Å². The van der Waals surface area contributed by atoms with Gasteiger partial charge in [-0.1, -0.05) is 18.2 Å². The zero-order valence-corrected chi connectivity index (χ0v) is 12.2. The topological polar surface area (TPSA) is 91.7 Å². The lowest BCUT2D eigenvalue weighted by molar-refractivity contribution is 0.551. The summed E-state index contributed by atoms with van der Waals surface area (Å²) in [4.78, 5) is 14.2. The highest BCUT2D eigenvalue weighted by Gasteiger charge is 2.34. The van der Waals surface area contributed by atoms with E-state index in [0.717, 1.165) is 6.42 Å². The van der Waals surface area contributed by atoms with Crippen molar-refractivity contribution in [3.05, 3.63) is 24.1 Å². The Morgan fingerprint density at radius 3 is 2.71 bits per heavy atom. The molecule has 1 saturated carbocycles. The van der Waals surface area contributed by atoms with Gasteiger partial charge >= 0.3 is 0 Å². The molecule has 0 aliphatic heterocycles. The normalized spacial score (nSPS) is 26.9. The number of hydrogen-bond donors (Lipinski definition) is 1. The largest absolute Gasteiger partial charge is 0.368 e. The third-order valence-electron chi connectivity index (χ3n) is 4.11. The molecule has 6 nitrogen and oxygen atoms in total. The van der Waals surface area contributed by atoms with Gasteiger partial charge in [-0.05, 0) is 30.6 Å². The van der Waals surface area contributed by atoms with E-state index < -0.39 is 0 Å². The Hall–Kier alpha value is -2.42. The molecular formula is C15H18N6. The third-order valence-corrected chi connectivity index (χ3v) is 4.11. The number of nitrogens with zero attached hydrogens (tertiary/aromatic N) is 5. The maximum Gasteiger partial charge on any atom is 0.230 e. The van der Waals surface area contributed by atoms with Crippen molar-refractivity contribution in [2.24, 2.45) is 17.8 Å². The van der Waals surface area contributed by atoms with Crippen LogP contribution in [0.2, 0.25) is 0 Å². The van der Waals surface area contributed by atoms with Gasteiger partial charge in [-0.25, -0.2) is 0 Å². The minimum atomic E-state index is 0.137. The maximum absolute atomic E-state index is 9.44. The number of rotatable bonds is 3. The van der Waals surface area contributed by atoms with Gasteiger partial charge in [0.2, 0.25) is 11.9 Å². The van der Waals surface area contributed by atoms with Crippen LogP contribution in [-0.2, 0) is 0 Å². The average molecular weight is 282 g/mol. The van der Waals surface area contributed by atoms with E-state index in [0.29, 0.717) is 35.1 Å². The summed E-state index contributed by atoms with van der Waals surface area (Å²) in [5, 5.41) is 9.44. The first-order valence-electron chi connectivity index (χ1n) is 7.06. The van der Waals surface area contributed by atoms with Gasteiger partial charge in [0.05, 0.1) is 5.57 Å². The van der Waals surface area contributed by atoms with E-state index in [2.05, 4.69) is 33.2 Å². The summed E-state index contributed by atoms with van der Waals surface area (Å²) in [6.07, 6.45) is 8.85. The van der Waals surface area contributed by atoms with E-state index in [4.69, 9.17) is 5.73 Å². The molecular weight excluding hydrogens is 264 g/mol. The van der Waals surface area contributed by atoms with Crippen LogP contribution in [0.5, 0.6) is 0 Å². The van der Waals surface area contributed by atoms with E-state index in [1.54, 1.807) is 4.90 Å². The van der Waals surface area contributed by atoms with Crippen molar-refractivity contribution < 1.29 is 0 Å². The van der Waals surface area contributed by atoms with Crippen LogP contribution in [-0.4, -0.2) is 29.0 Å². The van der Waals surface area contributed by atoms with Crippen molar-refractivity contribution in [1.82, 2.24) is 15.0 Å². The lowest BCUT2D eigenvalue weighted by Gasteiger charge is -2.15. The zero-order chi connectivity index (χ0) is 15.0. The summed E-state index contributed by atoms with van der Waals surface area (Å²) in [5.74, 6) is 2.57. The molecule has 0 unspecified atom stereocenters. The number of nitrogen functional groups attached to an aromatic ring is 1. The molecule has 0 spiro atoms. The molecule has 0 radical (unpaired) electrons. The lowest BCUT2D eigenvalue weighted by Crippen LogP contribution is -2.16. The number of hydrogen-bond acceptors (Lipinski definition) is 6. The summed E-state index contributed by atoms with van der Waals surface area (Å²) < 4.78 is 0. The Morgan fingerprint density at radius 2 is 2.14 bits per heavy atom. The Bertz CT molecular complexity index is 655. The molecule has 6 heteroatoms. The summed E-state index contributed by atoms with van der Waals surface area (Å²) in [6, 6.07) is 2.21. The molecule has 1 aromatic rings. The fourth-order valence-electron chi connectivity index (χ4n) is 3.09. The van der Waals surface area contributed by atoms with Gasteiger partial charge in [0.25, 0.3) is 0 Å². The standard InChI is InChI=1S/C15H18N6/c1-21(2)15-19-13(18-14(17)20-15)12(8-16)7-11-6-9-3-4-10(11)5-9/h3-4,7,9-11H,5-6H2,1-2H3,(H2,17,18,19,20)/b12-7+/t9-,10-,11+/m1/s1. The van der Waals surface area contributed by atoms with Gasteiger partial charge < -0.3 is 10.6 Å². The van der Waals surface area contributed by atoms with Crippen molar-refractivity contribution in [2.45, 2.75) is 12.8 Å². The number of nitrogens with two attached hydrogens (primary N) is 1. The second kappa shape index (κ2) is 5.17. The molecule has 0 amide bonds. The molecule has 3 rings (SSSR count). The van der Waals surface area contributed by atoms with Crippen LogP contribution in [0.3, 0.4) is 0 Å². The summed E-state index contributed by atoms with van der Waals surface area (Å²) in [7, 11) is 3.66. The molecule has 1 heterocycles. The molecule has 0 aromatic carbocycles. The first-order chi connectivity index (χ1) is 10.1. The maximum atomic E-state index is 9.44. The SMILES string of the molecule is CN(C)c1nc(N)nc(/C(C#N)=C/[C@@H]2C[C@@H]3C=C[C@@H]2C3)n1. The molecule has 108 valence electrons. The fourth-order valence-corrected chi connectivity index (χ4v) is 3.09. The molecule has 3 atom stereocenters. The first-order valence-corrected chi connectivity index (χ1v) is 7.06. The Morgan fingerprint density at radius 1 is 1.33 bits per heavy atom. The van der Waals surface area contributed by atoms with E-state index in [-0.39, 0.29) is 5.95 Å². The Labute approximate surface area is 124 Å². The quantitative estimate of drug-likeness (QED) is 0.669. The van der Waals surface area contributed by atoms with Crippen molar-refractivity contribution in [3.8, 4) is 6.07 Å². The summed E-state index contributed by atoms with van der Waals surface area (Å²) >= 11 is 0. The van der Waals surface area contributed by atoms with E-state index in [9.17, 15) is 5.26 Å². The molecule has 0 saturated heterocycles. The zero-order valence-electron chi connectivity index (χ0n) is 12.2. The highest BCUT2D eigenvalue weighted by atomic mass is 15.3. The molecule has 2 aliphatic carbocycles. The predicted molar refractivity (Wildman–Crippen MR) is 81.0 cm³/mol. The number of nitriles is 1. The van der Waals surface area contributed by atoms with Crippen LogP contribution in [0.1, 0.15) is 18.7 Å². The van der Waals surface area contributed by atoms with Crippen LogP contribution in [0, 0.1) is 29.1 Å². The smallest absolute Gasteiger partial charge is 0.230 e. The molecule has 21 heavy (non-hydrogen) atoms. The van der Waals surface area contributed by atoms with Gasteiger partial charge in [0, 0.05) is 14.1 Å². The molecule has 2 aliphatic rings. The van der Waals surface area contributed by atoms with E-state index in [1.807, 2.05) is 20.2 Å². The minimum absolute atomic E-state index is 0.137. The van der Waals surface area contributed by atoms with Gasteiger partial charge in [0.15, 0.2) is 5.82 Å². The number of anilines is 2. The first kappa shape index (κ1) is 13.6. The number of aromatic nitrogens is 3. The molecule has 1 fully saturated rings. The van der Waals surface area contributed by atoms with Crippen molar-refractivity contribution in [1.29, 1.82) is 5.26 Å². The predicted octanol–water partition coefficient (Wildman–Crippen LogP) is 1.64. The van der Waals surface area contributed by atoms with Gasteiger partial charge in [-0.15, -0.1) is 0 Å². The average Bonchev–Trinajstić information content (AvgIpc) is 3.06. The Kier molecular flexibility index (Phi) is 3.34. The molecule has 2 N–H and O–H groups in total. The van der Waals surface area contributed by atoms with Crippen LogP contribution in [0.4, 0.5) is 11.9 Å². The Balaban J connectivity index is 1.93. The highest BCUT2D eigenvalue weighted by molar-refractivity contribution is 5.73. The van der Waals surface area contributed by atoms with Crippen LogP contribution in [0.25, 0.3) is 5.57 Å². The molecule has 1 aromatic heterocycles. The van der Waals surface area contributed by atoms with Crippen LogP contribution >= 0.6 is 0 Å². The van der Waals surface area contributed by atoms with Crippen molar-refractivity contribution in [2.75, 3.05) is 24.7 Å². The van der Waals surface area contributed by atoms with Gasteiger partial charge in [-0.2, -0.15) is 20.2 Å². The van der Waals surface area contributed by atoms with E-state index in [1.165, 1.54) is 6.42 Å². The lowest BCUT2D eigenvalue weighted by atomic mass is 9.91. The van der Waals surface area contributed by atoms with E-state index >= 15 is 0 Å². The number of fused-ring (bicyclic) bond motifs is 2. The number of allylic oxidation sites excluding steroid dienone is 4. The molecule has 2 bridgehead atoms.